The molecule has 1 aliphatic heterocycles. The summed E-state index contributed by atoms with van der Waals surface area (Å²) >= 11 is 0. The summed E-state index contributed by atoms with van der Waals surface area (Å²) in [7, 11) is -2.43. The molecule has 9 heteroatoms. The Kier molecular flexibility index (Phi) is 5.43. The van der Waals surface area contributed by atoms with Crippen LogP contribution in [0.4, 0.5) is 0 Å². The van der Waals surface area contributed by atoms with Crippen LogP contribution in [0, 0.1) is 11.8 Å². The fourth-order valence-corrected chi connectivity index (χ4v) is 4.88. The van der Waals surface area contributed by atoms with Crippen LogP contribution in [0.2, 0.25) is 0 Å². The number of amides is 1. The van der Waals surface area contributed by atoms with E-state index in [-0.39, 0.29) is 40.6 Å². The van der Waals surface area contributed by atoms with Crippen molar-refractivity contribution in [3.05, 3.63) is 23.8 Å². The summed E-state index contributed by atoms with van der Waals surface area (Å²) in [5.41, 5.74) is 0.199. The molecule has 1 saturated heterocycles. The molecule has 1 amide bonds. The minimum atomic E-state index is -3.80. The number of ether oxygens (including phenoxy) is 1. The first kappa shape index (κ1) is 19.6. The van der Waals surface area contributed by atoms with E-state index in [1.54, 1.807) is 0 Å². The van der Waals surface area contributed by atoms with Gasteiger partial charge in [-0.15, -0.1) is 0 Å². The van der Waals surface area contributed by atoms with Gasteiger partial charge in [0.15, 0.2) is 0 Å². The zero-order valence-corrected chi connectivity index (χ0v) is 16.2. The number of hydrogen-bond donors (Lipinski definition) is 2. The van der Waals surface area contributed by atoms with E-state index in [2.05, 4.69) is 4.72 Å². The van der Waals surface area contributed by atoms with Gasteiger partial charge in [0.2, 0.25) is 10.0 Å². The minimum absolute atomic E-state index is 0.0572. The maximum Gasteiger partial charge on any atom is 0.308 e. The quantitative estimate of drug-likeness (QED) is 0.750. The number of nitrogens with one attached hydrogen (secondary N) is 1. The molecule has 27 heavy (non-hydrogen) atoms. The summed E-state index contributed by atoms with van der Waals surface area (Å²) in [5, 5.41) is 9.29. The third-order valence-corrected chi connectivity index (χ3v) is 6.44. The molecule has 2 N–H and O–H groups in total. The lowest BCUT2D eigenvalue weighted by atomic mass is 9.90. The van der Waals surface area contributed by atoms with Gasteiger partial charge in [0.25, 0.3) is 5.91 Å². The third-order valence-electron chi connectivity index (χ3n) is 4.90. The van der Waals surface area contributed by atoms with Crippen LogP contribution in [0.3, 0.4) is 0 Å². The highest BCUT2D eigenvalue weighted by Gasteiger charge is 2.34. The first-order valence-electron chi connectivity index (χ1n) is 8.93. The Morgan fingerprint density at radius 3 is 2.56 bits per heavy atom. The Balaban J connectivity index is 1.88. The van der Waals surface area contributed by atoms with Crippen LogP contribution in [-0.4, -0.2) is 56.5 Å². The van der Waals surface area contributed by atoms with E-state index in [1.165, 1.54) is 30.2 Å². The van der Waals surface area contributed by atoms with Gasteiger partial charge in [0, 0.05) is 24.7 Å². The van der Waals surface area contributed by atoms with Gasteiger partial charge in [0.1, 0.15) is 10.6 Å². The second-order valence-corrected chi connectivity index (χ2v) is 9.03. The Bertz CT molecular complexity index is 849. The number of carbonyl (C=O) groups excluding carboxylic acids is 1. The van der Waals surface area contributed by atoms with Crippen LogP contribution in [0.25, 0.3) is 0 Å². The highest BCUT2D eigenvalue weighted by Crippen LogP contribution is 2.30. The van der Waals surface area contributed by atoms with Crippen molar-refractivity contribution < 1.29 is 27.9 Å². The van der Waals surface area contributed by atoms with E-state index in [1.807, 2.05) is 6.92 Å². The minimum Gasteiger partial charge on any atom is -0.495 e. The maximum atomic E-state index is 12.9. The molecule has 2 aliphatic rings. The molecular weight excluding hydrogens is 372 g/mol. The number of carboxylic acid groups (broad SMARTS) is 1. The molecule has 2 fully saturated rings. The molecule has 2 atom stereocenters. The van der Waals surface area contributed by atoms with Gasteiger partial charge in [-0.2, -0.15) is 0 Å². The highest BCUT2D eigenvalue weighted by molar-refractivity contribution is 7.89. The lowest BCUT2D eigenvalue weighted by Crippen LogP contribution is -2.45. The molecule has 3 rings (SSSR count). The number of likely N-dealkylation sites (tertiary alicyclic amines) is 1. The molecule has 1 aromatic carbocycles. The maximum absolute atomic E-state index is 12.9. The van der Waals surface area contributed by atoms with Crippen LogP contribution in [0.5, 0.6) is 5.75 Å². The van der Waals surface area contributed by atoms with Crippen molar-refractivity contribution in [3.8, 4) is 5.75 Å². The van der Waals surface area contributed by atoms with E-state index in [0.717, 1.165) is 12.8 Å². The molecule has 0 radical (unpaired) electrons. The SMILES string of the molecule is COc1ccc(C(=O)N2CC(C)CC(C(=O)O)C2)cc1S(=O)(=O)NC1CC1. The average Bonchev–Trinajstić information content (AvgIpc) is 3.43. The summed E-state index contributed by atoms with van der Waals surface area (Å²) in [6.45, 7) is 2.46. The third kappa shape index (κ3) is 4.41. The van der Waals surface area contributed by atoms with E-state index < -0.39 is 21.9 Å². The number of benzene rings is 1. The Labute approximate surface area is 158 Å². The molecule has 8 nitrogen and oxygen atoms in total. The van der Waals surface area contributed by atoms with Gasteiger partial charge in [-0.25, -0.2) is 13.1 Å². The van der Waals surface area contributed by atoms with Gasteiger partial charge in [0.05, 0.1) is 13.0 Å². The molecule has 2 unspecified atom stereocenters. The monoisotopic (exact) mass is 396 g/mol. The number of carbonyl (C=O) groups is 2. The number of sulfonamides is 1. The number of nitrogens with zero attached hydrogens (tertiary/aromatic N) is 1. The van der Waals surface area contributed by atoms with Crippen molar-refractivity contribution in [3.63, 3.8) is 0 Å². The zero-order valence-electron chi connectivity index (χ0n) is 15.3. The van der Waals surface area contributed by atoms with Crippen molar-refractivity contribution >= 4 is 21.9 Å². The van der Waals surface area contributed by atoms with Crippen LogP contribution < -0.4 is 9.46 Å². The normalized spacial score (nSPS) is 23.1. The molecular formula is C18H24N2O6S. The lowest BCUT2D eigenvalue weighted by molar-refractivity contribution is -0.143. The van der Waals surface area contributed by atoms with Crippen molar-refractivity contribution in [1.29, 1.82) is 0 Å². The molecule has 148 valence electrons. The number of piperidine rings is 1. The number of aliphatic carboxylic acids is 1. The van der Waals surface area contributed by atoms with Crippen LogP contribution in [0.15, 0.2) is 23.1 Å². The molecule has 1 heterocycles. The van der Waals surface area contributed by atoms with Gasteiger partial charge >= 0.3 is 5.97 Å². The number of hydrogen-bond acceptors (Lipinski definition) is 5. The molecule has 0 bridgehead atoms. The molecule has 0 spiro atoms. The Morgan fingerprint density at radius 1 is 1.26 bits per heavy atom. The van der Waals surface area contributed by atoms with Crippen molar-refractivity contribution in [1.82, 2.24) is 9.62 Å². The Hall–Kier alpha value is -2.13. The van der Waals surface area contributed by atoms with Crippen molar-refractivity contribution in [2.75, 3.05) is 20.2 Å². The molecule has 1 saturated carbocycles. The smallest absolute Gasteiger partial charge is 0.308 e. The van der Waals surface area contributed by atoms with Crippen LogP contribution in [0.1, 0.15) is 36.5 Å². The van der Waals surface area contributed by atoms with Crippen LogP contribution in [-0.2, 0) is 14.8 Å². The van der Waals surface area contributed by atoms with Gasteiger partial charge in [-0.05, 0) is 43.4 Å². The van der Waals surface area contributed by atoms with Gasteiger partial charge in [-0.1, -0.05) is 6.92 Å². The van der Waals surface area contributed by atoms with E-state index in [9.17, 15) is 23.1 Å². The van der Waals surface area contributed by atoms with E-state index >= 15 is 0 Å². The predicted octanol–water partition coefficient (Wildman–Crippen LogP) is 1.32. The molecule has 1 aliphatic carbocycles. The van der Waals surface area contributed by atoms with Crippen LogP contribution >= 0.6 is 0 Å². The Morgan fingerprint density at radius 2 is 1.96 bits per heavy atom. The summed E-state index contributed by atoms with van der Waals surface area (Å²) in [6.07, 6.45) is 2.11. The standard InChI is InChI=1S/C18H24N2O6S/c1-11-7-13(18(22)23)10-20(9-11)17(21)12-3-6-15(26-2)16(8-12)27(24,25)19-14-4-5-14/h3,6,8,11,13-14,19H,4-5,7,9-10H2,1-2H3,(H,22,23). The summed E-state index contributed by atoms with van der Waals surface area (Å²) in [4.78, 5) is 25.6. The van der Waals surface area contributed by atoms with Crippen molar-refractivity contribution in [2.45, 2.75) is 37.1 Å². The first-order valence-corrected chi connectivity index (χ1v) is 10.4. The summed E-state index contributed by atoms with van der Waals surface area (Å²) in [5.74, 6) is -1.70. The number of methoxy groups -OCH3 is 1. The number of carboxylic acids is 1. The second kappa shape index (κ2) is 7.47. The van der Waals surface area contributed by atoms with Gasteiger partial charge in [-0.3, -0.25) is 9.59 Å². The van der Waals surface area contributed by atoms with Gasteiger partial charge < -0.3 is 14.7 Å². The lowest BCUT2D eigenvalue weighted by Gasteiger charge is -2.34. The van der Waals surface area contributed by atoms with E-state index in [0.29, 0.717) is 13.0 Å². The fraction of sp³-hybridized carbons (Fsp3) is 0.556. The predicted molar refractivity (Wildman–Crippen MR) is 97.1 cm³/mol. The topological polar surface area (TPSA) is 113 Å². The highest BCUT2D eigenvalue weighted by atomic mass is 32.2. The summed E-state index contributed by atoms with van der Waals surface area (Å²) in [6, 6.07) is 4.20. The number of rotatable bonds is 6. The average molecular weight is 396 g/mol. The molecule has 1 aromatic rings. The summed E-state index contributed by atoms with van der Waals surface area (Å²) < 4.78 is 33.0. The second-order valence-electron chi connectivity index (χ2n) is 7.35. The largest absolute Gasteiger partial charge is 0.495 e. The zero-order chi connectivity index (χ0) is 19.8. The first-order chi connectivity index (χ1) is 12.7. The fourth-order valence-electron chi connectivity index (χ4n) is 3.38. The van der Waals surface area contributed by atoms with E-state index in [4.69, 9.17) is 4.74 Å². The molecule has 0 aromatic heterocycles. The van der Waals surface area contributed by atoms with Crippen molar-refractivity contribution in [2.24, 2.45) is 11.8 Å².